The minimum atomic E-state index is 0.273. The zero-order chi connectivity index (χ0) is 16.4. The molecule has 2 heterocycles. The molecule has 0 amide bonds. The van der Waals surface area contributed by atoms with E-state index >= 15 is 0 Å². The molecule has 0 bridgehead atoms. The van der Waals surface area contributed by atoms with Gasteiger partial charge in [-0.25, -0.2) is 4.68 Å². The SMILES string of the molecule is Cc1cc(C#CC2CC2)ccc1-c1cn(C[C@@H]2CCCCO2)nn1. The van der Waals surface area contributed by atoms with Crippen molar-refractivity contribution in [1.29, 1.82) is 0 Å². The zero-order valence-electron chi connectivity index (χ0n) is 14.2. The molecule has 4 heteroatoms. The van der Waals surface area contributed by atoms with Crippen molar-refractivity contribution < 1.29 is 4.74 Å². The highest BCUT2D eigenvalue weighted by Crippen LogP contribution is 2.28. The first-order valence-corrected chi connectivity index (χ1v) is 8.92. The van der Waals surface area contributed by atoms with Gasteiger partial charge in [-0.3, -0.25) is 0 Å². The Morgan fingerprint density at radius 3 is 2.92 bits per heavy atom. The smallest absolute Gasteiger partial charge is 0.113 e. The van der Waals surface area contributed by atoms with Crippen LogP contribution in [0.25, 0.3) is 11.3 Å². The monoisotopic (exact) mass is 321 g/mol. The molecule has 1 aromatic heterocycles. The molecule has 124 valence electrons. The van der Waals surface area contributed by atoms with Gasteiger partial charge in [0.15, 0.2) is 0 Å². The third-order valence-corrected chi connectivity index (χ3v) is 4.70. The van der Waals surface area contributed by atoms with Crippen LogP contribution in [0.2, 0.25) is 0 Å². The number of rotatable bonds is 3. The van der Waals surface area contributed by atoms with Crippen molar-refractivity contribution >= 4 is 0 Å². The van der Waals surface area contributed by atoms with E-state index in [-0.39, 0.29) is 6.10 Å². The van der Waals surface area contributed by atoms with Crippen molar-refractivity contribution in [2.45, 2.75) is 51.7 Å². The highest BCUT2D eigenvalue weighted by Gasteiger charge is 2.18. The Morgan fingerprint density at radius 1 is 1.25 bits per heavy atom. The van der Waals surface area contributed by atoms with E-state index in [0.717, 1.165) is 36.4 Å². The maximum Gasteiger partial charge on any atom is 0.113 e. The van der Waals surface area contributed by atoms with Crippen LogP contribution in [-0.4, -0.2) is 27.7 Å². The van der Waals surface area contributed by atoms with Gasteiger partial charge in [-0.2, -0.15) is 0 Å². The second kappa shape index (κ2) is 6.78. The van der Waals surface area contributed by atoms with E-state index in [1.807, 2.05) is 10.9 Å². The third-order valence-electron chi connectivity index (χ3n) is 4.70. The topological polar surface area (TPSA) is 39.9 Å². The van der Waals surface area contributed by atoms with Crippen LogP contribution < -0.4 is 0 Å². The van der Waals surface area contributed by atoms with Crippen molar-refractivity contribution in [3.8, 4) is 23.1 Å². The van der Waals surface area contributed by atoms with Crippen LogP contribution in [0.4, 0.5) is 0 Å². The average molecular weight is 321 g/mol. The van der Waals surface area contributed by atoms with Gasteiger partial charge in [0.2, 0.25) is 0 Å². The van der Waals surface area contributed by atoms with Crippen LogP contribution >= 0.6 is 0 Å². The summed E-state index contributed by atoms with van der Waals surface area (Å²) in [6.07, 6.45) is 8.35. The predicted molar refractivity (Wildman–Crippen MR) is 93.4 cm³/mol. The second-order valence-electron chi connectivity index (χ2n) is 6.89. The van der Waals surface area contributed by atoms with Crippen molar-refractivity contribution in [2.24, 2.45) is 5.92 Å². The highest BCUT2D eigenvalue weighted by atomic mass is 16.5. The van der Waals surface area contributed by atoms with Crippen LogP contribution in [0.3, 0.4) is 0 Å². The van der Waals surface area contributed by atoms with E-state index in [2.05, 4.69) is 47.3 Å². The fourth-order valence-corrected chi connectivity index (χ4v) is 3.11. The third kappa shape index (κ3) is 3.68. The second-order valence-corrected chi connectivity index (χ2v) is 6.89. The maximum absolute atomic E-state index is 5.78. The standard InChI is InChI=1S/C20H23N3O/c1-15-12-17(8-7-16-5-6-16)9-10-19(15)20-14-23(22-21-20)13-18-4-2-3-11-24-18/h9-10,12,14,16,18H,2-6,11,13H2,1H3/t18-/m0/s1. The normalized spacial score (nSPS) is 20.5. The molecule has 1 aliphatic heterocycles. The van der Waals surface area contributed by atoms with Gasteiger partial charge in [0.25, 0.3) is 0 Å². The van der Waals surface area contributed by atoms with Crippen LogP contribution in [0.5, 0.6) is 0 Å². The molecule has 0 unspecified atom stereocenters. The lowest BCUT2D eigenvalue weighted by molar-refractivity contribution is 0.00370. The molecule has 0 spiro atoms. The number of aromatic nitrogens is 3. The van der Waals surface area contributed by atoms with E-state index in [9.17, 15) is 0 Å². The van der Waals surface area contributed by atoms with Gasteiger partial charge in [0.1, 0.15) is 5.69 Å². The summed E-state index contributed by atoms with van der Waals surface area (Å²) >= 11 is 0. The van der Waals surface area contributed by atoms with Crippen LogP contribution in [0, 0.1) is 24.7 Å². The number of ether oxygens (including phenoxy) is 1. The molecule has 2 aliphatic rings. The number of nitrogens with zero attached hydrogens (tertiary/aromatic N) is 3. The summed E-state index contributed by atoms with van der Waals surface area (Å²) in [7, 11) is 0. The minimum Gasteiger partial charge on any atom is -0.376 e. The van der Waals surface area contributed by atoms with Gasteiger partial charge >= 0.3 is 0 Å². The zero-order valence-corrected chi connectivity index (χ0v) is 14.2. The number of hydrogen-bond donors (Lipinski definition) is 0. The molecule has 1 aliphatic carbocycles. The van der Waals surface area contributed by atoms with E-state index in [0.29, 0.717) is 5.92 Å². The van der Waals surface area contributed by atoms with Crippen molar-refractivity contribution in [2.75, 3.05) is 6.61 Å². The van der Waals surface area contributed by atoms with Crippen LogP contribution in [0.1, 0.15) is 43.2 Å². The molecule has 1 aromatic carbocycles. The quantitative estimate of drug-likeness (QED) is 0.811. The van der Waals surface area contributed by atoms with Crippen molar-refractivity contribution in [1.82, 2.24) is 15.0 Å². The Labute approximate surface area is 143 Å². The summed E-state index contributed by atoms with van der Waals surface area (Å²) in [6.45, 7) is 3.77. The van der Waals surface area contributed by atoms with E-state index in [1.54, 1.807) is 0 Å². The molecule has 1 saturated carbocycles. The first-order chi connectivity index (χ1) is 11.8. The van der Waals surface area contributed by atoms with Gasteiger partial charge in [0.05, 0.1) is 18.8 Å². The molecule has 4 rings (SSSR count). The molecule has 2 fully saturated rings. The van der Waals surface area contributed by atoms with Crippen LogP contribution in [0.15, 0.2) is 24.4 Å². The molecular weight excluding hydrogens is 298 g/mol. The summed E-state index contributed by atoms with van der Waals surface area (Å²) in [6, 6.07) is 6.34. The lowest BCUT2D eigenvalue weighted by Crippen LogP contribution is -2.24. The fraction of sp³-hybridized carbons (Fsp3) is 0.500. The van der Waals surface area contributed by atoms with E-state index in [4.69, 9.17) is 4.74 Å². The minimum absolute atomic E-state index is 0.273. The summed E-state index contributed by atoms with van der Waals surface area (Å²) < 4.78 is 7.69. The largest absolute Gasteiger partial charge is 0.376 e. The van der Waals surface area contributed by atoms with Crippen LogP contribution in [-0.2, 0) is 11.3 Å². The molecule has 0 radical (unpaired) electrons. The van der Waals surface area contributed by atoms with Gasteiger partial charge in [0, 0.05) is 23.7 Å². The van der Waals surface area contributed by atoms with E-state index < -0.39 is 0 Å². The lowest BCUT2D eigenvalue weighted by atomic mass is 10.0. The fourth-order valence-electron chi connectivity index (χ4n) is 3.11. The Hall–Kier alpha value is -2.12. The molecule has 4 nitrogen and oxygen atoms in total. The Kier molecular flexibility index (Phi) is 4.36. The molecule has 1 atom stereocenters. The predicted octanol–water partition coefficient (Wildman–Crippen LogP) is 3.58. The molecule has 0 N–H and O–H groups in total. The van der Waals surface area contributed by atoms with E-state index in [1.165, 1.54) is 31.2 Å². The van der Waals surface area contributed by atoms with Gasteiger partial charge in [-0.05, 0) is 56.7 Å². The Balaban J connectivity index is 1.48. The maximum atomic E-state index is 5.78. The molecule has 2 aromatic rings. The van der Waals surface area contributed by atoms with Crippen molar-refractivity contribution in [3.63, 3.8) is 0 Å². The Bertz CT molecular complexity index is 774. The first kappa shape index (κ1) is 15.4. The number of hydrogen-bond acceptors (Lipinski definition) is 3. The number of aryl methyl sites for hydroxylation is 1. The van der Waals surface area contributed by atoms with Gasteiger partial charge in [-0.1, -0.05) is 23.1 Å². The molecular formula is C20H23N3O. The summed E-state index contributed by atoms with van der Waals surface area (Å²) in [5.41, 5.74) is 4.33. The summed E-state index contributed by atoms with van der Waals surface area (Å²) in [5, 5.41) is 8.62. The van der Waals surface area contributed by atoms with Crippen molar-refractivity contribution in [3.05, 3.63) is 35.5 Å². The highest BCUT2D eigenvalue weighted by molar-refractivity contribution is 5.64. The summed E-state index contributed by atoms with van der Waals surface area (Å²) in [5.74, 6) is 7.22. The first-order valence-electron chi connectivity index (χ1n) is 8.92. The average Bonchev–Trinajstić information content (AvgIpc) is 3.32. The number of benzene rings is 1. The summed E-state index contributed by atoms with van der Waals surface area (Å²) in [4.78, 5) is 0. The van der Waals surface area contributed by atoms with Gasteiger partial charge in [-0.15, -0.1) is 5.10 Å². The molecule has 24 heavy (non-hydrogen) atoms. The lowest BCUT2D eigenvalue weighted by Gasteiger charge is -2.21. The molecule has 1 saturated heterocycles. The van der Waals surface area contributed by atoms with Gasteiger partial charge < -0.3 is 4.74 Å². The Morgan fingerprint density at radius 2 is 2.17 bits per heavy atom.